The number of anilines is 3. The lowest BCUT2D eigenvalue weighted by Gasteiger charge is -2.15. The highest BCUT2D eigenvalue weighted by Gasteiger charge is 2.11. The van der Waals surface area contributed by atoms with Crippen LogP contribution in [0, 0.1) is 0 Å². The number of aromatic nitrogens is 3. The van der Waals surface area contributed by atoms with Gasteiger partial charge in [-0.25, -0.2) is 4.98 Å². The van der Waals surface area contributed by atoms with Crippen molar-refractivity contribution in [1.29, 1.82) is 0 Å². The predicted octanol–water partition coefficient (Wildman–Crippen LogP) is 3.09. The summed E-state index contributed by atoms with van der Waals surface area (Å²) < 4.78 is 10.6. The molecule has 8 nitrogen and oxygen atoms in total. The average molecular weight is 381 g/mol. The molecule has 1 aromatic carbocycles. The fourth-order valence-electron chi connectivity index (χ4n) is 2.51. The Balaban J connectivity index is 1.98. The molecule has 0 aliphatic heterocycles. The highest BCUT2D eigenvalue weighted by atomic mass is 16.5. The van der Waals surface area contributed by atoms with Crippen molar-refractivity contribution < 1.29 is 14.6 Å². The summed E-state index contributed by atoms with van der Waals surface area (Å²) in [7, 11) is 3.20. The molecule has 3 N–H and O–H groups in total. The molecule has 3 aromatic rings. The maximum Gasteiger partial charge on any atom is 0.225 e. The Morgan fingerprint density at radius 1 is 1.00 bits per heavy atom. The summed E-state index contributed by atoms with van der Waals surface area (Å²) in [5.41, 5.74) is 2.12. The number of nitrogens with one attached hydrogen (secondary N) is 2. The fraction of sp³-hybridized carbons (Fsp3) is 0.250. The van der Waals surface area contributed by atoms with Gasteiger partial charge in [0.25, 0.3) is 0 Å². The molecule has 28 heavy (non-hydrogen) atoms. The van der Waals surface area contributed by atoms with Crippen LogP contribution in [0.25, 0.3) is 11.4 Å². The normalized spacial score (nSPS) is 11.6. The number of nitrogens with zero attached hydrogens (tertiary/aromatic N) is 3. The topological polar surface area (TPSA) is 101 Å². The summed E-state index contributed by atoms with van der Waals surface area (Å²) in [6.45, 7) is 1.81. The van der Waals surface area contributed by atoms with Crippen LogP contribution in [0.15, 0.2) is 48.7 Å². The molecule has 1 atom stereocenters. The van der Waals surface area contributed by atoms with Crippen LogP contribution in [0.4, 0.5) is 17.5 Å². The third kappa shape index (κ3) is 4.86. The van der Waals surface area contributed by atoms with Gasteiger partial charge in [-0.3, -0.25) is 4.98 Å². The summed E-state index contributed by atoms with van der Waals surface area (Å²) in [6, 6.07) is 12.7. The first kappa shape index (κ1) is 19.4. The number of pyridine rings is 1. The molecule has 3 rings (SSSR count). The molecule has 0 unspecified atom stereocenters. The molecule has 0 aliphatic carbocycles. The SMILES string of the molecule is COc1cc(Nc2cc(-c3ccccn3)nc(N[C@@H](C)CO)n2)cc(OC)c1. The number of aliphatic hydroxyl groups excluding tert-OH is 1. The van der Waals surface area contributed by atoms with E-state index in [0.29, 0.717) is 29.0 Å². The zero-order valence-corrected chi connectivity index (χ0v) is 16.0. The van der Waals surface area contributed by atoms with E-state index in [4.69, 9.17) is 9.47 Å². The van der Waals surface area contributed by atoms with Crippen LogP contribution in [-0.2, 0) is 0 Å². The van der Waals surface area contributed by atoms with Crippen molar-refractivity contribution in [3.05, 3.63) is 48.7 Å². The molecule has 2 aromatic heterocycles. The predicted molar refractivity (Wildman–Crippen MR) is 108 cm³/mol. The Bertz CT molecular complexity index is 899. The lowest BCUT2D eigenvalue weighted by atomic mass is 10.2. The van der Waals surface area contributed by atoms with Crippen LogP contribution in [0.3, 0.4) is 0 Å². The van der Waals surface area contributed by atoms with E-state index in [0.717, 1.165) is 11.4 Å². The van der Waals surface area contributed by atoms with Crippen LogP contribution in [0.1, 0.15) is 6.92 Å². The van der Waals surface area contributed by atoms with E-state index >= 15 is 0 Å². The second-order valence-electron chi connectivity index (χ2n) is 6.13. The second kappa shape index (κ2) is 9.01. The Morgan fingerprint density at radius 2 is 1.75 bits per heavy atom. The van der Waals surface area contributed by atoms with Gasteiger partial charge in [0.05, 0.1) is 32.2 Å². The van der Waals surface area contributed by atoms with E-state index in [1.54, 1.807) is 26.5 Å². The van der Waals surface area contributed by atoms with Crippen LogP contribution in [0.5, 0.6) is 11.5 Å². The van der Waals surface area contributed by atoms with E-state index in [1.807, 2.05) is 43.3 Å². The van der Waals surface area contributed by atoms with Gasteiger partial charge in [-0.1, -0.05) is 6.07 Å². The van der Waals surface area contributed by atoms with Gasteiger partial charge < -0.3 is 25.2 Å². The number of ether oxygens (including phenoxy) is 2. The van der Waals surface area contributed by atoms with Gasteiger partial charge in [-0.15, -0.1) is 0 Å². The minimum Gasteiger partial charge on any atom is -0.497 e. The monoisotopic (exact) mass is 381 g/mol. The van der Waals surface area contributed by atoms with Crippen molar-refractivity contribution in [2.24, 2.45) is 0 Å². The van der Waals surface area contributed by atoms with Gasteiger partial charge in [0.15, 0.2) is 0 Å². The van der Waals surface area contributed by atoms with Crippen LogP contribution in [0.2, 0.25) is 0 Å². The van der Waals surface area contributed by atoms with Gasteiger partial charge in [-0.05, 0) is 19.1 Å². The highest BCUT2D eigenvalue weighted by molar-refractivity contribution is 5.67. The van der Waals surface area contributed by atoms with E-state index in [-0.39, 0.29) is 12.6 Å². The number of aliphatic hydroxyl groups is 1. The van der Waals surface area contributed by atoms with E-state index in [1.165, 1.54) is 0 Å². The van der Waals surface area contributed by atoms with Crippen molar-refractivity contribution in [2.45, 2.75) is 13.0 Å². The molecule has 0 radical (unpaired) electrons. The van der Waals surface area contributed by atoms with Crippen LogP contribution >= 0.6 is 0 Å². The number of rotatable bonds is 8. The summed E-state index contributed by atoms with van der Waals surface area (Å²) >= 11 is 0. The maximum absolute atomic E-state index is 9.33. The standard InChI is InChI=1S/C20H23N5O3/c1-13(12-26)22-20-24-18(17-6-4-5-7-21-17)11-19(25-20)23-14-8-15(27-2)10-16(9-14)28-3/h4-11,13,26H,12H2,1-3H3,(H2,22,23,24,25)/t13-/m0/s1. The summed E-state index contributed by atoms with van der Waals surface area (Å²) in [5.74, 6) is 2.28. The number of methoxy groups -OCH3 is 2. The molecule has 0 aliphatic rings. The number of hydrogen-bond acceptors (Lipinski definition) is 8. The van der Waals surface area contributed by atoms with E-state index in [2.05, 4.69) is 25.6 Å². The molecule has 0 saturated heterocycles. The van der Waals surface area contributed by atoms with Crippen LogP contribution < -0.4 is 20.1 Å². The Hall–Kier alpha value is -3.39. The summed E-state index contributed by atoms with van der Waals surface area (Å²) in [5, 5.41) is 15.7. The molecule has 0 bridgehead atoms. The van der Waals surface area contributed by atoms with Gasteiger partial charge in [-0.2, -0.15) is 4.98 Å². The molecule has 146 valence electrons. The van der Waals surface area contributed by atoms with Crippen molar-refractivity contribution in [2.75, 3.05) is 31.5 Å². The first-order valence-electron chi connectivity index (χ1n) is 8.79. The fourth-order valence-corrected chi connectivity index (χ4v) is 2.51. The highest BCUT2D eigenvalue weighted by Crippen LogP contribution is 2.29. The lowest BCUT2D eigenvalue weighted by Crippen LogP contribution is -2.21. The minimum absolute atomic E-state index is 0.0347. The first-order chi connectivity index (χ1) is 13.6. The number of hydrogen-bond donors (Lipinski definition) is 3. The van der Waals surface area contributed by atoms with E-state index in [9.17, 15) is 5.11 Å². The molecule has 0 amide bonds. The van der Waals surface area contributed by atoms with Gasteiger partial charge >= 0.3 is 0 Å². The first-order valence-corrected chi connectivity index (χ1v) is 8.79. The van der Waals surface area contributed by atoms with Gasteiger partial charge in [0.1, 0.15) is 17.3 Å². The zero-order chi connectivity index (χ0) is 19.9. The summed E-state index contributed by atoms with van der Waals surface area (Å²) in [6.07, 6.45) is 1.71. The molecular weight excluding hydrogens is 358 g/mol. The molecule has 0 saturated carbocycles. The van der Waals surface area contributed by atoms with Gasteiger partial charge in [0, 0.05) is 42.2 Å². The van der Waals surface area contributed by atoms with Crippen LogP contribution in [-0.4, -0.2) is 46.9 Å². The van der Waals surface area contributed by atoms with E-state index < -0.39 is 0 Å². The zero-order valence-electron chi connectivity index (χ0n) is 16.0. The third-order valence-electron chi connectivity index (χ3n) is 3.93. The quantitative estimate of drug-likeness (QED) is 0.547. The Labute approximate surface area is 163 Å². The van der Waals surface area contributed by atoms with Crippen molar-refractivity contribution in [1.82, 2.24) is 15.0 Å². The summed E-state index contributed by atoms with van der Waals surface area (Å²) in [4.78, 5) is 13.4. The maximum atomic E-state index is 9.33. The van der Waals surface area contributed by atoms with Gasteiger partial charge in [0.2, 0.25) is 5.95 Å². The second-order valence-corrected chi connectivity index (χ2v) is 6.13. The van der Waals surface area contributed by atoms with Crippen molar-refractivity contribution in [3.8, 4) is 22.9 Å². The molecule has 2 heterocycles. The minimum atomic E-state index is -0.191. The average Bonchev–Trinajstić information content (AvgIpc) is 2.73. The Morgan fingerprint density at radius 3 is 2.36 bits per heavy atom. The van der Waals surface area contributed by atoms with Crippen molar-refractivity contribution >= 4 is 17.5 Å². The molecule has 8 heteroatoms. The Kier molecular flexibility index (Phi) is 6.23. The molecule has 0 spiro atoms. The van der Waals surface area contributed by atoms with Crippen molar-refractivity contribution in [3.63, 3.8) is 0 Å². The largest absolute Gasteiger partial charge is 0.497 e. The molecular formula is C20H23N5O3. The lowest BCUT2D eigenvalue weighted by molar-refractivity contribution is 0.281. The third-order valence-corrected chi connectivity index (χ3v) is 3.93. The number of benzene rings is 1. The smallest absolute Gasteiger partial charge is 0.225 e. The molecule has 0 fully saturated rings.